The van der Waals surface area contributed by atoms with Crippen LogP contribution in [0.3, 0.4) is 0 Å². The van der Waals surface area contributed by atoms with Crippen molar-refractivity contribution in [3.8, 4) is 0 Å². The van der Waals surface area contributed by atoms with Gasteiger partial charge >= 0.3 is 24.8 Å². The van der Waals surface area contributed by atoms with Crippen LogP contribution in [0.4, 0.5) is 0 Å². The van der Waals surface area contributed by atoms with E-state index in [-0.39, 0.29) is 0 Å². The fraction of sp³-hybridized carbons (Fsp3) is 1.00. The van der Waals surface area contributed by atoms with Crippen molar-refractivity contribution in [2.75, 3.05) is 6.38 Å². The maximum Gasteiger partial charge on any atom is 0.314 e. The molecule has 0 fully saturated rings. The lowest BCUT2D eigenvalue weighted by Gasteiger charge is -1.61. The predicted molar refractivity (Wildman–Crippen MR) is 52.1 cm³/mol. The average molecular weight is 296 g/mol. The second-order valence-electron chi connectivity index (χ2n) is 0.848. The van der Waals surface area contributed by atoms with E-state index >= 15 is 0 Å². The summed E-state index contributed by atoms with van der Waals surface area (Å²) in [5.41, 5.74) is 0. The van der Waals surface area contributed by atoms with E-state index in [0.717, 1.165) is 0 Å². The highest BCUT2D eigenvalue weighted by Crippen LogP contribution is 1.99. The van der Waals surface area contributed by atoms with E-state index in [0.29, 0.717) is 0 Å². The highest BCUT2D eigenvalue weighted by atomic mass is 35.5. The molecule has 0 aromatic heterocycles. The molecule has 92 valence electrons. The third kappa shape index (κ3) is 3210. The van der Waals surface area contributed by atoms with Gasteiger partial charge in [0.25, 0.3) is 0 Å². The van der Waals surface area contributed by atoms with Crippen LogP contribution < -0.4 is 0 Å². The van der Waals surface area contributed by atoms with Crippen molar-refractivity contribution in [3.05, 3.63) is 0 Å². The largest absolute Gasteiger partial charge is 0.326 e. The number of hydrogen-bond acceptors (Lipinski definition) is 3. The Bertz CT molecular complexity index is 118. The van der Waals surface area contributed by atoms with Crippen LogP contribution >= 0.6 is 36.4 Å². The number of halogens is 1. The first kappa shape index (κ1) is 24.1. The Kier molecular flexibility index (Phi) is 40.5. The Balaban J connectivity index is -0.0000000492. The summed E-state index contributed by atoms with van der Waals surface area (Å²) in [5.74, 6) is 0. The van der Waals surface area contributed by atoms with Gasteiger partial charge in [-0.3, -0.25) is 13.7 Å². The van der Waals surface area contributed by atoms with Gasteiger partial charge < -0.3 is 29.4 Å². The summed E-state index contributed by atoms with van der Waals surface area (Å²) in [7, 11) is -9.39. The Hall–Kier alpha value is 0.740. The van der Waals surface area contributed by atoms with Crippen LogP contribution in [0.2, 0.25) is 0 Å². The van der Waals surface area contributed by atoms with Crippen molar-refractivity contribution >= 4 is 36.4 Å². The monoisotopic (exact) mass is 296 g/mol. The first-order valence-electron chi connectivity index (χ1n) is 2.33. The number of rotatable bonds is 0. The third-order valence-electron chi connectivity index (χ3n) is 0. The molecule has 0 radical (unpaired) electrons. The van der Waals surface area contributed by atoms with Crippen LogP contribution in [0.1, 0.15) is 0 Å². The molecule has 9 nitrogen and oxygen atoms in total. The van der Waals surface area contributed by atoms with Crippen LogP contribution in [0, 0.1) is 0 Å². The quantitative estimate of drug-likeness (QED) is 0.240. The maximum absolute atomic E-state index is 8.74. The summed E-state index contributed by atoms with van der Waals surface area (Å²) < 4.78 is 26.2. The van der Waals surface area contributed by atoms with Gasteiger partial charge in [0.05, 0.1) is 0 Å². The molecule has 0 bridgehead atoms. The summed E-state index contributed by atoms with van der Waals surface area (Å²) in [6, 6.07) is 0. The third-order valence-corrected chi connectivity index (χ3v) is 0. The van der Waals surface area contributed by atoms with Crippen LogP contribution in [0.5, 0.6) is 0 Å². The normalized spacial score (nSPS) is 7.93. The summed E-state index contributed by atoms with van der Waals surface area (Å²) in [6.45, 7) is 0. The molecule has 14 heavy (non-hydrogen) atoms. The molecule has 0 heterocycles. The van der Waals surface area contributed by atoms with E-state index in [2.05, 4.69) is 11.6 Å². The maximum atomic E-state index is 8.74. The van der Waals surface area contributed by atoms with Gasteiger partial charge in [-0.05, 0) is 0 Å². The van der Waals surface area contributed by atoms with Gasteiger partial charge in [0.2, 0.25) is 0 Å². The van der Waals surface area contributed by atoms with Crippen molar-refractivity contribution in [3.63, 3.8) is 0 Å². The predicted octanol–water partition coefficient (Wildman–Crippen LogP) is -1.06. The van der Waals surface area contributed by atoms with Crippen molar-refractivity contribution in [2.45, 2.75) is 0 Å². The Labute approximate surface area is 86.5 Å². The minimum absolute atomic E-state index is 1.47. The fourth-order valence-electron chi connectivity index (χ4n) is 0. The van der Waals surface area contributed by atoms with Gasteiger partial charge in [-0.2, -0.15) is 0 Å². The van der Waals surface area contributed by atoms with Gasteiger partial charge in [0, 0.05) is 6.38 Å². The first-order chi connectivity index (χ1) is 6.20. The molecule has 0 aliphatic rings. The van der Waals surface area contributed by atoms with E-state index in [1.54, 1.807) is 0 Å². The van der Waals surface area contributed by atoms with Crippen LogP contribution in [-0.4, -0.2) is 35.7 Å². The second-order valence-corrected chi connectivity index (χ2v) is 2.54. The lowest BCUT2D eigenvalue weighted by Crippen LogP contribution is -1.38. The molecule has 0 aliphatic carbocycles. The van der Waals surface area contributed by atoms with Crippen molar-refractivity contribution in [1.29, 1.82) is 0 Å². The zero-order valence-corrected chi connectivity index (χ0v) is 10.5. The summed E-state index contributed by atoms with van der Waals surface area (Å²) in [4.78, 5) is 42.9. The molecule has 0 aromatic rings. The zero-order valence-electron chi connectivity index (χ0n) is 6.79. The van der Waals surface area contributed by atoms with E-state index in [1.807, 2.05) is 0 Å². The standard InChI is InChI=1S/CH3Cl.3H3O3P/c1-2;3*1-4(2)3/h1H3;3*4H,(H2,1,2,3). The molecule has 0 spiro atoms. The number of alkyl halides is 1. The minimum atomic E-state index is -3.13. The molecule has 0 atom stereocenters. The molecule has 0 rings (SSSR count). The molecular formula is CH12ClO9P3. The average Bonchev–Trinajstić information content (AvgIpc) is 1.86. The van der Waals surface area contributed by atoms with E-state index in [4.69, 9.17) is 43.1 Å². The highest BCUT2D eigenvalue weighted by molar-refractivity contribution is 7.31. The van der Waals surface area contributed by atoms with E-state index in [9.17, 15) is 0 Å². The SMILES string of the molecule is CCl.O=[PH](O)O.O=[PH](O)O.O=[PH](O)O. The summed E-state index contributed by atoms with van der Waals surface area (Å²) >= 11 is 4.64. The summed E-state index contributed by atoms with van der Waals surface area (Å²) in [5, 5.41) is 0. The van der Waals surface area contributed by atoms with Crippen molar-refractivity contribution in [1.82, 2.24) is 0 Å². The second kappa shape index (κ2) is 23.5. The molecule has 0 amide bonds. The lowest BCUT2D eigenvalue weighted by molar-refractivity contribution is 0.403. The molecule has 0 aliphatic heterocycles. The Morgan fingerprint density at radius 3 is 0.643 bits per heavy atom. The lowest BCUT2D eigenvalue weighted by atomic mass is 12.0. The summed E-state index contributed by atoms with van der Waals surface area (Å²) in [6.07, 6.45) is 1.47. The fourth-order valence-corrected chi connectivity index (χ4v) is 0. The Morgan fingerprint density at radius 1 is 0.643 bits per heavy atom. The van der Waals surface area contributed by atoms with Crippen LogP contribution in [-0.2, 0) is 13.7 Å². The minimum Gasteiger partial charge on any atom is -0.326 e. The van der Waals surface area contributed by atoms with Crippen LogP contribution in [0.25, 0.3) is 0 Å². The van der Waals surface area contributed by atoms with Gasteiger partial charge in [-0.25, -0.2) is 0 Å². The smallest absolute Gasteiger partial charge is 0.314 e. The molecule has 6 N–H and O–H groups in total. The first-order valence-corrected chi connectivity index (χ1v) is 7.00. The van der Waals surface area contributed by atoms with E-state index < -0.39 is 24.8 Å². The van der Waals surface area contributed by atoms with Gasteiger partial charge in [0.15, 0.2) is 0 Å². The topological polar surface area (TPSA) is 173 Å². The van der Waals surface area contributed by atoms with Gasteiger partial charge in [0.1, 0.15) is 0 Å². The van der Waals surface area contributed by atoms with Gasteiger partial charge in [-0.15, -0.1) is 11.6 Å². The molecular weight excluding hydrogens is 284 g/mol. The van der Waals surface area contributed by atoms with Crippen molar-refractivity contribution in [2.24, 2.45) is 0 Å². The molecule has 0 saturated heterocycles. The van der Waals surface area contributed by atoms with Crippen LogP contribution in [0.15, 0.2) is 0 Å². The molecule has 0 unspecified atom stereocenters. The van der Waals surface area contributed by atoms with E-state index in [1.165, 1.54) is 6.38 Å². The zero-order chi connectivity index (χ0) is 12.7. The highest BCUT2D eigenvalue weighted by Gasteiger charge is 1.62. The molecule has 0 saturated carbocycles. The van der Waals surface area contributed by atoms with Gasteiger partial charge in [-0.1, -0.05) is 0 Å². The molecule has 13 heteroatoms. The molecule has 0 aromatic carbocycles. The Morgan fingerprint density at radius 2 is 0.643 bits per heavy atom. The van der Waals surface area contributed by atoms with Crippen molar-refractivity contribution < 1.29 is 43.1 Å². The number of hydrogen-bond donors (Lipinski definition) is 6.